The fourth-order valence-electron chi connectivity index (χ4n) is 1.93. The highest BCUT2D eigenvalue weighted by Gasteiger charge is 2.31. The molecule has 0 saturated carbocycles. The second kappa shape index (κ2) is 4.28. The van der Waals surface area contributed by atoms with Gasteiger partial charge in [0.15, 0.2) is 0 Å². The normalized spacial score (nSPS) is 29.1. The van der Waals surface area contributed by atoms with E-state index in [0.717, 1.165) is 6.42 Å². The van der Waals surface area contributed by atoms with Gasteiger partial charge >= 0.3 is 0 Å². The Morgan fingerprint density at radius 2 is 2.21 bits per heavy atom. The van der Waals surface area contributed by atoms with E-state index in [1.54, 1.807) is 0 Å². The number of hydrogen-bond donors (Lipinski definition) is 1. The predicted octanol–water partition coefficient (Wildman–Crippen LogP) is 1.82. The van der Waals surface area contributed by atoms with E-state index in [0.29, 0.717) is 6.54 Å². The van der Waals surface area contributed by atoms with Crippen LogP contribution in [0, 0.1) is 5.41 Å². The molecule has 2 unspecified atom stereocenters. The summed E-state index contributed by atoms with van der Waals surface area (Å²) in [4.78, 5) is 2.03. The zero-order chi connectivity index (χ0) is 10.8. The highest BCUT2D eigenvalue weighted by atomic mass is 16.3. The van der Waals surface area contributed by atoms with Crippen molar-refractivity contribution in [3.63, 3.8) is 0 Å². The first-order chi connectivity index (χ1) is 6.44. The number of allylic oxidation sites excluding steroid dienone is 3. The fraction of sp³-hybridized carbons (Fsp3) is 0.667. The lowest BCUT2D eigenvalue weighted by Gasteiger charge is -2.35. The lowest BCUT2D eigenvalue weighted by Crippen LogP contribution is -2.39. The van der Waals surface area contributed by atoms with Gasteiger partial charge in [-0.25, -0.2) is 0 Å². The molecule has 0 bridgehead atoms. The van der Waals surface area contributed by atoms with Crippen LogP contribution in [-0.2, 0) is 0 Å². The third kappa shape index (κ3) is 2.69. The fourth-order valence-corrected chi connectivity index (χ4v) is 1.93. The van der Waals surface area contributed by atoms with Crippen LogP contribution in [0.1, 0.15) is 20.3 Å². The van der Waals surface area contributed by atoms with E-state index >= 15 is 0 Å². The molecule has 0 fully saturated rings. The number of hydrogen-bond acceptors (Lipinski definition) is 2. The van der Waals surface area contributed by atoms with Crippen molar-refractivity contribution < 1.29 is 5.11 Å². The van der Waals surface area contributed by atoms with Gasteiger partial charge < -0.3 is 10.0 Å². The van der Waals surface area contributed by atoms with Crippen molar-refractivity contribution in [1.29, 1.82) is 0 Å². The Morgan fingerprint density at radius 1 is 1.57 bits per heavy atom. The molecule has 0 spiro atoms. The molecule has 0 aromatic rings. The Balaban J connectivity index is 2.67. The quantitative estimate of drug-likeness (QED) is 0.742. The highest BCUT2D eigenvalue weighted by Crippen LogP contribution is 2.34. The third-order valence-electron chi connectivity index (χ3n) is 2.82. The van der Waals surface area contributed by atoms with Crippen LogP contribution in [0.2, 0.25) is 0 Å². The SMILES string of the molecule is CC1=CC=CC(C)(C(O)CN(C)C)C1. The molecule has 0 saturated heterocycles. The summed E-state index contributed by atoms with van der Waals surface area (Å²) in [5.74, 6) is 0. The van der Waals surface area contributed by atoms with Gasteiger partial charge in [0, 0.05) is 12.0 Å². The van der Waals surface area contributed by atoms with Gasteiger partial charge in [0.1, 0.15) is 0 Å². The molecule has 0 aromatic heterocycles. The lowest BCUT2D eigenvalue weighted by atomic mass is 9.76. The Morgan fingerprint density at radius 3 is 2.71 bits per heavy atom. The van der Waals surface area contributed by atoms with Crippen molar-refractivity contribution in [2.45, 2.75) is 26.4 Å². The minimum absolute atomic E-state index is 0.0941. The molecule has 0 radical (unpaired) electrons. The van der Waals surface area contributed by atoms with E-state index in [1.807, 2.05) is 19.0 Å². The summed E-state index contributed by atoms with van der Waals surface area (Å²) in [5.41, 5.74) is 1.25. The summed E-state index contributed by atoms with van der Waals surface area (Å²) in [6.45, 7) is 4.95. The van der Waals surface area contributed by atoms with Crippen molar-refractivity contribution in [3.8, 4) is 0 Å². The van der Waals surface area contributed by atoms with Crippen molar-refractivity contribution >= 4 is 0 Å². The second-order valence-corrected chi connectivity index (χ2v) is 4.83. The molecular weight excluding hydrogens is 174 g/mol. The first-order valence-corrected chi connectivity index (χ1v) is 5.12. The Hall–Kier alpha value is -0.600. The summed E-state index contributed by atoms with van der Waals surface area (Å²) in [6.07, 6.45) is 6.95. The van der Waals surface area contributed by atoms with Crippen LogP contribution in [0.25, 0.3) is 0 Å². The van der Waals surface area contributed by atoms with Crippen LogP contribution in [0.5, 0.6) is 0 Å². The monoisotopic (exact) mass is 195 g/mol. The Labute approximate surface area is 86.9 Å². The smallest absolute Gasteiger partial charge is 0.0757 e. The first-order valence-electron chi connectivity index (χ1n) is 5.12. The van der Waals surface area contributed by atoms with Crippen LogP contribution in [0.3, 0.4) is 0 Å². The van der Waals surface area contributed by atoms with Crippen LogP contribution in [0.15, 0.2) is 23.8 Å². The predicted molar refractivity (Wildman–Crippen MR) is 60.2 cm³/mol. The molecule has 0 heterocycles. The van der Waals surface area contributed by atoms with E-state index in [-0.39, 0.29) is 11.5 Å². The maximum atomic E-state index is 10.1. The summed E-state index contributed by atoms with van der Waals surface area (Å²) in [7, 11) is 3.98. The van der Waals surface area contributed by atoms with Gasteiger partial charge in [0.25, 0.3) is 0 Å². The minimum atomic E-state index is -0.294. The summed E-state index contributed by atoms with van der Waals surface area (Å²) in [6, 6.07) is 0. The average molecular weight is 195 g/mol. The number of aliphatic hydroxyl groups is 1. The molecule has 1 N–H and O–H groups in total. The summed E-state index contributed by atoms with van der Waals surface area (Å²) in [5, 5.41) is 10.1. The molecule has 80 valence electrons. The van der Waals surface area contributed by atoms with Crippen molar-refractivity contribution in [2.24, 2.45) is 5.41 Å². The zero-order valence-corrected chi connectivity index (χ0v) is 9.62. The lowest BCUT2D eigenvalue weighted by molar-refractivity contribution is 0.0463. The van der Waals surface area contributed by atoms with Gasteiger partial charge in [-0.2, -0.15) is 0 Å². The van der Waals surface area contributed by atoms with Crippen LogP contribution >= 0.6 is 0 Å². The minimum Gasteiger partial charge on any atom is -0.391 e. The van der Waals surface area contributed by atoms with Gasteiger partial charge in [-0.3, -0.25) is 0 Å². The topological polar surface area (TPSA) is 23.5 Å². The summed E-state index contributed by atoms with van der Waals surface area (Å²) < 4.78 is 0. The van der Waals surface area contributed by atoms with Crippen LogP contribution < -0.4 is 0 Å². The van der Waals surface area contributed by atoms with E-state index in [2.05, 4.69) is 32.1 Å². The standard InChI is InChI=1S/C12H21NO/c1-10-6-5-7-12(2,8-10)11(14)9-13(3)4/h5-7,11,14H,8-9H2,1-4H3. The zero-order valence-electron chi connectivity index (χ0n) is 9.62. The molecule has 14 heavy (non-hydrogen) atoms. The van der Waals surface area contributed by atoms with Gasteiger partial charge in [0.05, 0.1) is 6.10 Å². The van der Waals surface area contributed by atoms with E-state index in [1.165, 1.54) is 5.57 Å². The van der Waals surface area contributed by atoms with E-state index in [4.69, 9.17) is 0 Å². The molecule has 2 nitrogen and oxygen atoms in total. The molecule has 1 rings (SSSR count). The van der Waals surface area contributed by atoms with Crippen molar-refractivity contribution in [1.82, 2.24) is 4.90 Å². The highest BCUT2D eigenvalue weighted by molar-refractivity contribution is 5.23. The molecule has 0 aliphatic heterocycles. The summed E-state index contributed by atoms with van der Waals surface area (Å²) >= 11 is 0. The van der Waals surface area contributed by atoms with Crippen LogP contribution in [0.4, 0.5) is 0 Å². The van der Waals surface area contributed by atoms with E-state index < -0.39 is 0 Å². The largest absolute Gasteiger partial charge is 0.391 e. The molecular formula is C12H21NO. The second-order valence-electron chi connectivity index (χ2n) is 4.83. The van der Waals surface area contributed by atoms with E-state index in [9.17, 15) is 5.11 Å². The van der Waals surface area contributed by atoms with Crippen LogP contribution in [-0.4, -0.2) is 36.8 Å². The number of aliphatic hydroxyl groups excluding tert-OH is 1. The Bertz CT molecular complexity index is 255. The number of likely N-dealkylation sites (N-methyl/N-ethyl adjacent to an activating group) is 1. The number of nitrogens with zero attached hydrogens (tertiary/aromatic N) is 1. The van der Waals surface area contributed by atoms with Gasteiger partial charge in [0.2, 0.25) is 0 Å². The van der Waals surface area contributed by atoms with Gasteiger partial charge in [-0.15, -0.1) is 0 Å². The molecule has 0 amide bonds. The molecule has 2 heteroatoms. The molecule has 1 aliphatic carbocycles. The van der Waals surface area contributed by atoms with Gasteiger partial charge in [-0.05, 0) is 27.4 Å². The molecule has 2 atom stereocenters. The number of rotatable bonds is 3. The maximum absolute atomic E-state index is 10.1. The van der Waals surface area contributed by atoms with Crippen molar-refractivity contribution in [2.75, 3.05) is 20.6 Å². The first kappa shape index (κ1) is 11.5. The molecule has 1 aliphatic rings. The third-order valence-corrected chi connectivity index (χ3v) is 2.82. The van der Waals surface area contributed by atoms with Crippen molar-refractivity contribution in [3.05, 3.63) is 23.8 Å². The van der Waals surface area contributed by atoms with Gasteiger partial charge in [-0.1, -0.05) is 30.7 Å². The average Bonchev–Trinajstić information content (AvgIpc) is 2.02. The Kier molecular flexibility index (Phi) is 3.51. The molecule has 0 aromatic carbocycles. The maximum Gasteiger partial charge on any atom is 0.0757 e.